The van der Waals surface area contributed by atoms with Gasteiger partial charge < -0.3 is 10.4 Å². The number of aliphatic hydroxyl groups excluding tert-OH is 1. The third kappa shape index (κ3) is 5.66. The largest absolute Gasteiger partial charge is 0.393 e. The maximum absolute atomic E-state index is 13.4. The van der Waals surface area contributed by atoms with E-state index in [9.17, 15) is 14.3 Å². The van der Waals surface area contributed by atoms with Crippen LogP contribution in [-0.4, -0.2) is 35.5 Å². The number of aliphatic hydroxyl groups is 1. The Hall–Kier alpha value is -0.680. The Labute approximate surface area is 157 Å². The van der Waals surface area contributed by atoms with Crippen LogP contribution >= 0.6 is 0 Å². The predicted molar refractivity (Wildman–Crippen MR) is 101 cm³/mol. The summed E-state index contributed by atoms with van der Waals surface area (Å²) in [6.45, 7) is 2.16. The van der Waals surface area contributed by atoms with Crippen LogP contribution in [0, 0.1) is 17.8 Å². The fourth-order valence-electron chi connectivity index (χ4n) is 5.11. The smallest absolute Gasteiger partial charge is 0.237 e. The average Bonchev–Trinajstić information content (AvgIpc) is 2.64. The van der Waals surface area contributed by atoms with E-state index in [0.717, 1.165) is 38.0 Å². The van der Waals surface area contributed by atoms with E-state index in [0.29, 0.717) is 18.3 Å². The number of hydrogen-bond donors (Lipinski definition) is 3. The van der Waals surface area contributed by atoms with Gasteiger partial charge in [-0.1, -0.05) is 26.2 Å². The van der Waals surface area contributed by atoms with Gasteiger partial charge in [-0.25, -0.2) is 4.39 Å². The van der Waals surface area contributed by atoms with Gasteiger partial charge in [0.15, 0.2) is 6.30 Å². The van der Waals surface area contributed by atoms with E-state index < -0.39 is 6.30 Å². The molecule has 5 atom stereocenters. The van der Waals surface area contributed by atoms with Gasteiger partial charge in [0.25, 0.3) is 0 Å². The van der Waals surface area contributed by atoms with Crippen LogP contribution in [0.25, 0.3) is 0 Å². The molecule has 0 aromatic heterocycles. The van der Waals surface area contributed by atoms with E-state index in [2.05, 4.69) is 17.6 Å². The molecule has 1 amide bonds. The first-order valence-electron chi connectivity index (χ1n) is 10.9. The van der Waals surface area contributed by atoms with Crippen molar-refractivity contribution in [3.63, 3.8) is 0 Å². The van der Waals surface area contributed by atoms with E-state index >= 15 is 0 Å². The summed E-state index contributed by atoms with van der Waals surface area (Å²) in [5, 5.41) is 16.0. The molecule has 0 spiro atoms. The van der Waals surface area contributed by atoms with Crippen molar-refractivity contribution in [1.82, 2.24) is 10.6 Å². The van der Waals surface area contributed by atoms with Crippen LogP contribution in [0.1, 0.15) is 84.0 Å². The second-order valence-corrected chi connectivity index (χ2v) is 9.14. The molecule has 3 fully saturated rings. The highest BCUT2D eigenvalue weighted by atomic mass is 19.1. The molecule has 2 aliphatic carbocycles. The molecule has 3 rings (SSSR count). The molecule has 150 valence electrons. The summed E-state index contributed by atoms with van der Waals surface area (Å²) >= 11 is 0. The average molecular weight is 369 g/mol. The lowest BCUT2D eigenvalue weighted by Crippen LogP contribution is -2.52. The molecule has 0 bridgehead atoms. The zero-order valence-electron chi connectivity index (χ0n) is 16.3. The number of rotatable bonds is 5. The number of nitrogens with one attached hydrogen (secondary N) is 2. The van der Waals surface area contributed by atoms with Gasteiger partial charge in [0.1, 0.15) is 0 Å². The molecule has 0 radical (unpaired) electrons. The molecule has 26 heavy (non-hydrogen) atoms. The van der Waals surface area contributed by atoms with Gasteiger partial charge in [0, 0.05) is 6.04 Å². The number of amides is 1. The topological polar surface area (TPSA) is 61.4 Å². The Morgan fingerprint density at radius 2 is 1.73 bits per heavy atom. The summed E-state index contributed by atoms with van der Waals surface area (Å²) in [6.07, 6.45) is 11.3. The Bertz CT molecular complexity index is 453. The fraction of sp³-hybridized carbons (Fsp3) is 0.952. The molecule has 0 aromatic rings. The lowest BCUT2D eigenvalue weighted by molar-refractivity contribution is -0.125. The van der Waals surface area contributed by atoms with Crippen LogP contribution in [0.4, 0.5) is 4.39 Å². The SMILES string of the molecule is CC1CCC(CCC2CCC(NC(=O)C3CCCC(F)N3)CC2)CC1O. The zero-order valence-corrected chi connectivity index (χ0v) is 16.3. The van der Waals surface area contributed by atoms with Crippen molar-refractivity contribution in [1.29, 1.82) is 0 Å². The van der Waals surface area contributed by atoms with Crippen LogP contribution < -0.4 is 10.6 Å². The highest BCUT2D eigenvalue weighted by Gasteiger charge is 2.30. The molecule has 5 heteroatoms. The molecule has 5 unspecified atom stereocenters. The van der Waals surface area contributed by atoms with Gasteiger partial charge in [0.2, 0.25) is 5.91 Å². The quantitative estimate of drug-likeness (QED) is 0.649. The van der Waals surface area contributed by atoms with Crippen LogP contribution in [0.2, 0.25) is 0 Å². The minimum atomic E-state index is -1.03. The van der Waals surface area contributed by atoms with Crippen LogP contribution in [0.3, 0.4) is 0 Å². The highest BCUT2D eigenvalue weighted by molar-refractivity contribution is 5.82. The second kappa shape index (κ2) is 9.50. The Morgan fingerprint density at radius 3 is 2.42 bits per heavy atom. The van der Waals surface area contributed by atoms with Crippen molar-refractivity contribution in [3.8, 4) is 0 Å². The molecule has 4 nitrogen and oxygen atoms in total. The molecule has 2 saturated carbocycles. The third-order valence-electron chi connectivity index (χ3n) is 7.09. The molecule has 1 aliphatic heterocycles. The van der Waals surface area contributed by atoms with Crippen molar-refractivity contribution in [3.05, 3.63) is 0 Å². The molecule has 3 N–H and O–H groups in total. The van der Waals surface area contributed by atoms with Crippen molar-refractivity contribution in [2.75, 3.05) is 0 Å². The standard InChI is InChI=1S/C21H37FN2O2/c1-14-5-6-16(13-19(14)25)8-7-15-9-11-17(12-10-15)23-21(26)18-3-2-4-20(22)24-18/h14-20,24-25H,2-13H2,1H3,(H,23,26). The van der Waals surface area contributed by atoms with Gasteiger partial charge in [-0.3, -0.25) is 10.1 Å². The van der Waals surface area contributed by atoms with E-state index in [1.54, 1.807) is 0 Å². The monoisotopic (exact) mass is 368 g/mol. The molecule has 1 heterocycles. The van der Waals surface area contributed by atoms with Gasteiger partial charge in [-0.15, -0.1) is 0 Å². The zero-order chi connectivity index (χ0) is 18.5. The Morgan fingerprint density at radius 1 is 1.04 bits per heavy atom. The number of piperidine rings is 1. The molecule has 3 aliphatic rings. The maximum atomic E-state index is 13.4. The van der Waals surface area contributed by atoms with Crippen molar-refractivity contribution < 1.29 is 14.3 Å². The number of alkyl halides is 1. The minimum Gasteiger partial charge on any atom is -0.393 e. The van der Waals surface area contributed by atoms with Crippen LogP contribution in [-0.2, 0) is 4.79 Å². The summed E-state index contributed by atoms with van der Waals surface area (Å²) in [6, 6.07) is -0.0884. The molecular formula is C21H37FN2O2. The minimum absolute atomic E-state index is 0.0129. The van der Waals surface area contributed by atoms with Crippen molar-refractivity contribution in [2.24, 2.45) is 17.8 Å². The van der Waals surface area contributed by atoms with Crippen LogP contribution in [0.15, 0.2) is 0 Å². The van der Waals surface area contributed by atoms with Gasteiger partial charge in [-0.05, 0) is 75.5 Å². The van der Waals surface area contributed by atoms with Gasteiger partial charge in [0.05, 0.1) is 12.1 Å². The molecule has 0 aromatic carbocycles. The number of hydrogen-bond acceptors (Lipinski definition) is 3. The maximum Gasteiger partial charge on any atom is 0.237 e. The van der Waals surface area contributed by atoms with E-state index in [4.69, 9.17) is 0 Å². The van der Waals surface area contributed by atoms with E-state index in [-0.39, 0.29) is 24.1 Å². The fourth-order valence-corrected chi connectivity index (χ4v) is 5.11. The second-order valence-electron chi connectivity index (χ2n) is 9.14. The third-order valence-corrected chi connectivity index (χ3v) is 7.09. The van der Waals surface area contributed by atoms with Crippen molar-refractivity contribution >= 4 is 5.91 Å². The van der Waals surface area contributed by atoms with Gasteiger partial charge >= 0.3 is 0 Å². The molecular weight excluding hydrogens is 331 g/mol. The first-order valence-corrected chi connectivity index (χ1v) is 10.9. The normalized spacial score (nSPS) is 41.6. The lowest BCUT2D eigenvalue weighted by atomic mass is 9.76. The summed E-state index contributed by atoms with van der Waals surface area (Å²) in [5.74, 6) is 1.92. The lowest BCUT2D eigenvalue weighted by Gasteiger charge is -2.34. The number of carbonyl (C=O) groups is 1. The predicted octanol–water partition coefficient (Wildman–Crippen LogP) is 3.68. The number of halogens is 1. The number of carbonyl (C=O) groups excluding carboxylic acids is 1. The first kappa shape index (κ1) is 20.1. The summed E-state index contributed by atoms with van der Waals surface area (Å²) in [5.41, 5.74) is 0. The van der Waals surface area contributed by atoms with Crippen LogP contribution in [0.5, 0.6) is 0 Å². The highest BCUT2D eigenvalue weighted by Crippen LogP contribution is 2.35. The first-order chi connectivity index (χ1) is 12.5. The summed E-state index contributed by atoms with van der Waals surface area (Å²) in [4.78, 5) is 12.3. The van der Waals surface area contributed by atoms with E-state index in [1.165, 1.54) is 38.5 Å². The summed E-state index contributed by atoms with van der Waals surface area (Å²) < 4.78 is 13.4. The molecule has 1 saturated heterocycles. The Kier molecular flexibility index (Phi) is 7.33. The van der Waals surface area contributed by atoms with Gasteiger partial charge in [-0.2, -0.15) is 0 Å². The van der Waals surface area contributed by atoms with E-state index in [1.807, 2.05) is 0 Å². The van der Waals surface area contributed by atoms with Crippen molar-refractivity contribution in [2.45, 2.75) is 108 Å². The summed E-state index contributed by atoms with van der Waals surface area (Å²) in [7, 11) is 0. The Balaban J connectivity index is 1.32.